The van der Waals surface area contributed by atoms with Crippen molar-refractivity contribution in [2.45, 2.75) is 64.5 Å². The van der Waals surface area contributed by atoms with Crippen molar-refractivity contribution < 1.29 is 19.4 Å². The Morgan fingerprint density at radius 1 is 1.14 bits per heavy atom. The summed E-state index contributed by atoms with van der Waals surface area (Å²) < 4.78 is 8.02. The minimum absolute atomic E-state index is 0.0185. The minimum atomic E-state index is -0.418. The molecule has 1 aromatic carbocycles. The molecule has 1 aromatic heterocycles. The lowest BCUT2D eigenvalue weighted by Gasteiger charge is -2.42. The van der Waals surface area contributed by atoms with E-state index in [1.54, 1.807) is 9.58 Å². The summed E-state index contributed by atoms with van der Waals surface area (Å²) in [4.78, 5) is 30.8. The molecule has 37 heavy (non-hydrogen) atoms. The molecular weight excluding hydrogens is 494 g/mol. The number of allylic oxidation sites excluding steroid dienone is 2. The minimum Gasteiger partial charge on any atom is -0.510 e. The number of rotatable bonds is 3. The van der Waals surface area contributed by atoms with Crippen molar-refractivity contribution in [2.24, 2.45) is 18.9 Å². The van der Waals surface area contributed by atoms with E-state index in [-0.39, 0.29) is 42.6 Å². The van der Waals surface area contributed by atoms with Crippen LogP contribution in [0.2, 0.25) is 5.02 Å². The highest BCUT2D eigenvalue weighted by atomic mass is 35.5. The number of aromatic nitrogens is 3. The summed E-state index contributed by atoms with van der Waals surface area (Å²) in [5, 5.41) is 20.3. The lowest BCUT2D eigenvalue weighted by Crippen LogP contribution is -2.48. The number of carbonyl (C=O) groups excluding carboxylic acids is 2. The van der Waals surface area contributed by atoms with Crippen LogP contribution in [0, 0.1) is 18.8 Å². The molecule has 0 unspecified atom stereocenters. The second-order valence-electron chi connectivity index (χ2n) is 10.6. The smallest absolute Gasteiger partial charge is 0.227 e. The standard InChI is InChI=1S/C27H32ClN5O4/c1-15-20(29-30-31(15)2)14-37-23-9-7-19(28)18-11-12-32-22(25(18)23)13-33-21(8-10-24(33)34)26(35)16-5-3-4-6-17(16)27(32)36/h7,9,16-17,22,35H,3-6,8,10-14H2,1-2H3/t16-,17+,22+/m0/s1. The second kappa shape index (κ2) is 9.35. The average molecular weight is 526 g/mol. The number of aliphatic hydroxyl groups excluding tert-OH is 1. The van der Waals surface area contributed by atoms with Crippen molar-refractivity contribution in [2.75, 3.05) is 13.1 Å². The molecular formula is C27H32ClN5O4. The third kappa shape index (κ3) is 3.98. The van der Waals surface area contributed by atoms with Gasteiger partial charge in [0, 0.05) is 42.4 Å². The quantitative estimate of drug-likeness (QED) is 0.650. The zero-order chi connectivity index (χ0) is 25.8. The summed E-state index contributed by atoms with van der Waals surface area (Å²) in [5.41, 5.74) is 4.13. The van der Waals surface area contributed by atoms with E-state index in [1.807, 2.05) is 31.0 Å². The van der Waals surface area contributed by atoms with E-state index in [4.69, 9.17) is 16.3 Å². The van der Waals surface area contributed by atoms with Crippen LogP contribution in [-0.2, 0) is 29.7 Å². The van der Waals surface area contributed by atoms with Gasteiger partial charge in [0.15, 0.2) is 0 Å². The maximum Gasteiger partial charge on any atom is 0.227 e. The molecule has 6 rings (SSSR count). The predicted molar refractivity (Wildman–Crippen MR) is 136 cm³/mol. The molecule has 1 aliphatic carbocycles. The van der Waals surface area contributed by atoms with Crippen LogP contribution in [0.3, 0.4) is 0 Å². The normalized spacial score (nSPS) is 25.6. The van der Waals surface area contributed by atoms with Gasteiger partial charge in [0.05, 0.1) is 24.0 Å². The maximum absolute atomic E-state index is 14.1. The highest BCUT2D eigenvalue weighted by Gasteiger charge is 2.46. The molecule has 2 amide bonds. The zero-order valence-corrected chi connectivity index (χ0v) is 22.0. The molecule has 1 saturated carbocycles. The van der Waals surface area contributed by atoms with Crippen molar-refractivity contribution >= 4 is 23.4 Å². The third-order valence-corrected chi connectivity index (χ3v) is 9.06. The molecule has 4 aliphatic rings. The van der Waals surface area contributed by atoms with Gasteiger partial charge in [-0.1, -0.05) is 29.7 Å². The number of aryl methyl sites for hydroxylation is 1. The maximum atomic E-state index is 14.1. The highest BCUT2D eigenvalue weighted by molar-refractivity contribution is 6.31. The van der Waals surface area contributed by atoms with Crippen molar-refractivity contribution in [3.05, 3.63) is 51.1 Å². The van der Waals surface area contributed by atoms with Crippen LogP contribution in [-0.4, -0.2) is 54.8 Å². The topological polar surface area (TPSA) is 101 Å². The van der Waals surface area contributed by atoms with Crippen LogP contribution in [0.15, 0.2) is 23.6 Å². The SMILES string of the molecule is Cc1c(COc2ccc(Cl)c3c2[C@H]2CN4C(=O)CCC4=C(O)[C@H]4CCCC[C@H]4C(=O)N2CC3)nnn1C. The van der Waals surface area contributed by atoms with Crippen LogP contribution >= 0.6 is 11.6 Å². The Balaban J connectivity index is 1.44. The Labute approximate surface area is 221 Å². The number of nitrogens with zero attached hydrogens (tertiary/aromatic N) is 5. The zero-order valence-electron chi connectivity index (χ0n) is 21.2. The fraction of sp³-hybridized carbons (Fsp3) is 0.556. The number of halogens is 1. The first-order chi connectivity index (χ1) is 17.8. The van der Waals surface area contributed by atoms with Gasteiger partial charge in [-0.25, -0.2) is 0 Å². The van der Waals surface area contributed by atoms with E-state index < -0.39 is 6.04 Å². The Kier molecular flexibility index (Phi) is 6.13. The summed E-state index contributed by atoms with van der Waals surface area (Å²) in [5.74, 6) is 0.385. The molecule has 4 heterocycles. The Morgan fingerprint density at radius 3 is 2.68 bits per heavy atom. The van der Waals surface area contributed by atoms with Gasteiger partial charge in [-0.05, 0) is 50.3 Å². The lowest BCUT2D eigenvalue weighted by molar-refractivity contribution is -0.142. The fourth-order valence-electron chi connectivity index (χ4n) is 6.56. The number of amides is 2. The Morgan fingerprint density at radius 2 is 1.92 bits per heavy atom. The Bertz CT molecular complexity index is 1300. The van der Waals surface area contributed by atoms with Crippen LogP contribution in [0.1, 0.15) is 67.1 Å². The van der Waals surface area contributed by atoms with E-state index in [0.29, 0.717) is 42.3 Å². The van der Waals surface area contributed by atoms with E-state index in [9.17, 15) is 14.7 Å². The summed E-state index contributed by atoms with van der Waals surface area (Å²) in [6.45, 7) is 2.96. The highest BCUT2D eigenvalue weighted by Crippen LogP contribution is 2.47. The molecule has 0 bridgehead atoms. The van der Waals surface area contributed by atoms with E-state index in [2.05, 4.69) is 10.3 Å². The van der Waals surface area contributed by atoms with Gasteiger partial charge < -0.3 is 19.6 Å². The monoisotopic (exact) mass is 525 g/mol. The molecule has 1 N–H and O–H groups in total. The van der Waals surface area contributed by atoms with Gasteiger partial charge >= 0.3 is 0 Å². The number of carbonyl (C=O) groups is 2. The lowest BCUT2D eigenvalue weighted by atomic mass is 9.76. The van der Waals surface area contributed by atoms with Gasteiger partial charge in [-0.2, -0.15) is 0 Å². The molecule has 3 aliphatic heterocycles. The fourth-order valence-corrected chi connectivity index (χ4v) is 6.82. The largest absolute Gasteiger partial charge is 0.510 e. The molecule has 3 atom stereocenters. The first kappa shape index (κ1) is 24.3. The van der Waals surface area contributed by atoms with E-state index >= 15 is 0 Å². The predicted octanol–water partition coefficient (Wildman–Crippen LogP) is 3.99. The Hall–Kier alpha value is -3.07. The average Bonchev–Trinajstić information content (AvgIpc) is 3.44. The molecule has 9 nitrogen and oxygen atoms in total. The van der Waals surface area contributed by atoms with Crippen molar-refractivity contribution in [1.82, 2.24) is 24.8 Å². The molecule has 10 heteroatoms. The van der Waals surface area contributed by atoms with Crippen LogP contribution in [0.25, 0.3) is 0 Å². The number of hydrogen-bond donors (Lipinski definition) is 1. The number of benzene rings is 1. The summed E-state index contributed by atoms with van der Waals surface area (Å²) in [7, 11) is 1.84. The van der Waals surface area contributed by atoms with Gasteiger partial charge in [-0.3, -0.25) is 14.3 Å². The van der Waals surface area contributed by atoms with E-state index in [0.717, 1.165) is 48.2 Å². The van der Waals surface area contributed by atoms with E-state index in [1.165, 1.54) is 0 Å². The molecule has 1 saturated heterocycles. The molecule has 0 spiro atoms. The van der Waals surface area contributed by atoms with Crippen LogP contribution < -0.4 is 4.74 Å². The van der Waals surface area contributed by atoms with Gasteiger partial charge in [0.25, 0.3) is 0 Å². The summed E-state index contributed by atoms with van der Waals surface area (Å²) in [6, 6.07) is 3.26. The summed E-state index contributed by atoms with van der Waals surface area (Å²) >= 11 is 6.69. The number of aliphatic hydroxyl groups is 1. The third-order valence-electron chi connectivity index (χ3n) is 8.71. The van der Waals surface area contributed by atoms with Crippen molar-refractivity contribution in [3.63, 3.8) is 0 Å². The van der Waals surface area contributed by atoms with Crippen molar-refractivity contribution in [3.8, 4) is 5.75 Å². The summed E-state index contributed by atoms with van der Waals surface area (Å²) in [6.07, 6.45) is 4.93. The van der Waals surface area contributed by atoms with Crippen molar-refractivity contribution in [1.29, 1.82) is 0 Å². The molecule has 196 valence electrons. The first-order valence-electron chi connectivity index (χ1n) is 13.2. The molecule has 2 aromatic rings. The first-order valence-corrected chi connectivity index (χ1v) is 13.5. The van der Waals surface area contributed by atoms with Gasteiger partial charge in [0.2, 0.25) is 11.8 Å². The number of ether oxygens (including phenoxy) is 1. The van der Waals surface area contributed by atoms with Gasteiger partial charge in [-0.15, -0.1) is 5.10 Å². The molecule has 0 radical (unpaired) electrons. The second-order valence-corrected chi connectivity index (χ2v) is 11.0. The molecule has 2 fully saturated rings. The number of hydrogen-bond acceptors (Lipinski definition) is 6. The van der Waals surface area contributed by atoms with Crippen LogP contribution in [0.4, 0.5) is 0 Å². The van der Waals surface area contributed by atoms with Gasteiger partial charge in [0.1, 0.15) is 23.8 Å². The number of fused-ring (bicyclic) bond motifs is 5. The van der Waals surface area contributed by atoms with Crippen LogP contribution in [0.5, 0.6) is 5.75 Å².